The van der Waals surface area contributed by atoms with Crippen LogP contribution in [0.1, 0.15) is 0 Å². The topological polar surface area (TPSA) is 49.1 Å². The Morgan fingerprint density at radius 2 is 0.300 bits per heavy atom. The quantitative estimate of drug-likeness (QED) is 0.0715. The van der Waals surface area contributed by atoms with E-state index in [2.05, 4.69) is 579 Å². The Morgan fingerprint density at radius 1 is 0.100 bits per heavy atom. The van der Waals surface area contributed by atoms with Crippen LogP contribution in [-0.2, 0) is 0 Å². The second kappa shape index (κ2) is 41.4. The molecule has 0 fully saturated rings. The van der Waals surface area contributed by atoms with Crippen LogP contribution in [0, 0.1) is 0 Å². The molecule has 0 aliphatic rings. The lowest BCUT2D eigenvalue weighted by atomic mass is 9.93. The third-order valence-electron chi connectivity index (χ3n) is 28.4. The van der Waals surface area contributed by atoms with Gasteiger partial charge < -0.3 is 28.0 Å². The van der Waals surface area contributed by atoms with Crippen molar-refractivity contribution in [3.8, 4) is 134 Å². The van der Waals surface area contributed by atoms with E-state index in [0.717, 1.165) is 162 Å². The molecular formula is C144H99N3O3. The van der Waals surface area contributed by atoms with Crippen molar-refractivity contribution in [2.45, 2.75) is 0 Å². The van der Waals surface area contributed by atoms with Gasteiger partial charge in [-0.2, -0.15) is 0 Å². The van der Waals surface area contributed by atoms with Crippen molar-refractivity contribution in [1.29, 1.82) is 0 Å². The lowest BCUT2D eigenvalue weighted by Crippen LogP contribution is -2.11. The van der Waals surface area contributed by atoms with Gasteiger partial charge in [0.2, 0.25) is 0 Å². The minimum absolute atomic E-state index is 0.864. The van der Waals surface area contributed by atoms with Crippen molar-refractivity contribution in [2.24, 2.45) is 0 Å². The van der Waals surface area contributed by atoms with E-state index in [-0.39, 0.29) is 0 Å². The van der Waals surface area contributed by atoms with E-state index in [4.69, 9.17) is 13.3 Å². The summed E-state index contributed by atoms with van der Waals surface area (Å²) in [6.45, 7) is 0. The van der Waals surface area contributed by atoms with Crippen LogP contribution in [-0.4, -0.2) is 0 Å². The number of fused-ring (bicyclic) bond motifs is 9. The van der Waals surface area contributed by atoms with Gasteiger partial charge in [-0.3, -0.25) is 0 Å². The van der Waals surface area contributed by atoms with Gasteiger partial charge in [0.05, 0.1) is 17.1 Å². The van der Waals surface area contributed by atoms with Crippen molar-refractivity contribution in [3.05, 3.63) is 601 Å². The minimum Gasteiger partial charge on any atom is -0.456 e. The molecule has 3 aromatic heterocycles. The summed E-state index contributed by atoms with van der Waals surface area (Å²) in [5.41, 5.74) is 43.1. The number of rotatable bonds is 21. The van der Waals surface area contributed by atoms with Crippen molar-refractivity contribution < 1.29 is 13.3 Å². The maximum Gasteiger partial charge on any atom is 0.137 e. The first-order valence-corrected chi connectivity index (χ1v) is 51.0. The highest BCUT2D eigenvalue weighted by Crippen LogP contribution is 2.51. The fraction of sp³-hybridized carbons (Fsp3) is 0. The van der Waals surface area contributed by atoms with Crippen LogP contribution in [0.2, 0.25) is 0 Å². The smallest absolute Gasteiger partial charge is 0.137 e. The van der Waals surface area contributed by atoms with Crippen LogP contribution >= 0.6 is 0 Å². The molecule has 27 rings (SSSR count). The third kappa shape index (κ3) is 18.6. The summed E-state index contributed by atoms with van der Waals surface area (Å²) in [4.78, 5) is 7.09. The molecule has 708 valence electrons. The van der Waals surface area contributed by atoms with Crippen LogP contribution < -0.4 is 14.7 Å². The summed E-state index contributed by atoms with van der Waals surface area (Å²) in [5, 5.41) is 6.70. The molecule has 0 bridgehead atoms. The summed E-state index contributed by atoms with van der Waals surface area (Å²) in [6.07, 6.45) is 0. The van der Waals surface area contributed by atoms with Gasteiger partial charge in [0, 0.05) is 101 Å². The van der Waals surface area contributed by atoms with Gasteiger partial charge in [-0.1, -0.05) is 455 Å². The van der Waals surface area contributed by atoms with Crippen LogP contribution in [0.3, 0.4) is 0 Å². The normalized spacial score (nSPS) is 11.2. The molecular weight excluding hydrogens is 1820 g/mol. The number of furan rings is 3. The fourth-order valence-electron chi connectivity index (χ4n) is 21.2. The molecule has 0 amide bonds. The Balaban J connectivity index is 0.000000116. The number of hydrogen-bond acceptors (Lipinski definition) is 6. The summed E-state index contributed by atoms with van der Waals surface area (Å²) in [7, 11) is 0. The zero-order chi connectivity index (χ0) is 99.8. The zero-order valence-electron chi connectivity index (χ0n) is 82.2. The fourth-order valence-corrected chi connectivity index (χ4v) is 21.2. The largest absolute Gasteiger partial charge is 0.456 e. The monoisotopic (exact) mass is 1920 g/mol. The first kappa shape index (κ1) is 91.3. The van der Waals surface area contributed by atoms with Gasteiger partial charge >= 0.3 is 0 Å². The molecule has 0 aliphatic carbocycles. The molecule has 0 atom stereocenters. The van der Waals surface area contributed by atoms with Gasteiger partial charge in [-0.25, -0.2) is 0 Å². The van der Waals surface area contributed by atoms with E-state index in [0.29, 0.717) is 0 Å². The van der Waals surface area contributed by atoms with Gasteiger partial charge in [-0.15, -0.1) is 0 Å². The number of para-hydroxylation sites is 6. The summed E-state index contributed by atoms with van der Waals surface area (Å²) < 4.78 is 19.3. The maximum atomic E-state index is 6.43. The lowest BCUT2D eigenvalue weighted by molar-refractivity contribution is 0.668. The van der Waals surface area contributed by atoms with Crippen molar-refractivity contribution in [1.82, 2.24) is 0 Å². The Kier molecular flexibility index (Phi) is 25.2. The first-order chi connectivity index (χ1) is 74.4. The number of anilines is 9. The van der Waals surface area contributed by atoms with Crippen LogP contribution in [0.25, 0.3) is 199 Å². The minimum atomic E-state index is 0.864. The van der Waals surface area contributed by atoms with E-state index in [1.165, 1.54) is 89.0 Å². The van der Waals surface area contributed by atoms with E-state index < -0.39 is 0 Å². The summed E-state index contributed by atoms with van der Waals surface area (Å²) >= 11 is 0. The molecule has 0 spiro atoms. The van der Waals surface area contributed by atoms with Crippen LogP contribution in [0.5, 0.6) is 0 Å². The molecule has 0 N–H and O–H groups in total. The predicted octanol–water partition coefficient (Wildman–Crippen LogP) is 41.2. The summed E-state index contributed by atoms with van der Waals surface area (Å²) in [6, 6.07) is 213. The first-order valence-electron chi connectivity index (χ1n) is 51.0. The van der Waals surface area contributed by atoms with Gasteiger partial charge in [0.1, 0.15) is 33.5 Å². The molecule has 0 aliphatic heterocycles. The molecule has 6 heteroatoms. The molecule has 3 heterocycles. The van der Waals surface area contributed by atoms with Crippen LogP contribution in [0.15, 0.2) is 614 Å². The molecule has 0 radical (unpaired) electrons. The van der Waals surface area contributed by atoms with Gasteiger partial charge in [0.25, 0.3) is 0 Å². The predicted molar refractivity (Wildman–Crippen MR) is 630 cm³/mol. The van der Waals surface area contributed by atoms with Crippen molar-refractivity contribution >= 4 is 117 Å². The highest BCUT2D eigenvalue weighted by atomic mass is 16.3. The highest BCUT2D eigenvalue weighted by molar-refractivity contribution is 6.10. The zero-order valence-corrected chi connectivity index (χ0v) is 82.2. The Labute approximate surface area is 872 Å². The number of nitrogens with zero attached hydrogens (tertiary/aromatic N) is 3. The maximum absolute atomic E-state index is 6.43. The summed E-state index contributed by atoms with van der Waals surface area (Å²) in [5.74, 6) is 0. The van der Waals surface area contributed by atoms with Crippen molar-refractivity contribution in [3.63, 3.8) is 0 Å². The average Bonchev–Trinajstić information content (AvgIpc) is 1.58. The number of hydrogen-bond donors (Lipinski definition) is 0. The van der Waals surface area contributed by atoms with E-state index in [9.17, 15) is 0 Å². The Hall–Kier alpha value is -19.9. The Bertz CT molecular complexity index is 9420. The molecule has 0 saturated carbocycles. The standard InChI is InChI=1S/3C48H33NO/c1-3-14-34(15-4-1)36-18-11-20-38(30-36)39-21-13-23-41(32-39)49(42-28-29-45-44-25-8-10-27-47(44)50-48(45)33-42)46-26-9-7-24-43(46)40-22-12-19-37(31-40)35-16-5-2-6-17-35;1-3-15-34(16-4-1)36-19-13-20-37(31-36)38-21-14-22-39(32-38)49(40-29-30-45-44-26-10-12-28-47(44)50-48(45)33-40)46-27-11-9-25-43(46)42-24-8-7-23-41(42)35-17-5-2-6-18-35;1-3-14-34(15-4-1)35-26-28-37(29-27-35)43-22-9-11-24-46(43)49(40-30-31-45-44-23-10-12-25-47(44)50-48(45)33-40)39-19-13-18-38(32-39)42-21-8-7-20-41(42)36-16-5-2-6-17-36/h3*1-33H. The molecule has 27 aromatic rings. The lowest BCUT2D eigenvalue weighted by Gasteiger charge is -2.29. The third-order valence-corrected chi connectivity index (χ3v) is 28.4. The molecule has 150 heavy (non-hydrogen) atoms. The second-order valence-electron chi connectivity index (χ2n) is 37.7. The SMILES string of the molecule is c1ccc(-c2ccc(-c3ccccc3N(c3cccc(-c4ccccc4-c4ccccc4)c3)c3ccc4c(c3)oc3ccccc34)cc2)cc1.c1ccc(-c2cccc(-c3cccc(N(c4ccc5c(c4)oc4ccccc45)c4ccccc4-c4cccc(-c5ccccc5)c4)c3)c2)cc1.c1ccc(-c2cccc(-c3cccc(N(c4ccc5c(c4)oc4ccccc45)c4ccccc4-c4ccccc4-c4ccccc4)c3)c2)cc1. The van der Waals surface area contributed by atoms with E-state index in [1.807, 2.05) is 36.4 Å². The second-order valence-corrected chi connectivity index (χ2v) is 37.7. The van der Waals surface area contributed by atoms with Gasteiger partial charge in [-0.05, 0) is 244 Å². The van der Waals surface area contributed by atoms with E-state index >= 15 is 0 Å². The molecule has 0 unspecified atom stereocenters. The number of benzene rings is 24. The Morgan fingerprint density at radius 3 is 0.673 bits per heavy atom. The van der Waals surface area contributed by atoms with E-state index in [1.54, 1.807) is 0 Å². The molecule has 24 aromatic carbocycles. The van der Waals surface area contributed by atoms with Gasteiger partial charge in [0.15, 0.2) is 0 Å². The highest BCUT2D eigenvalue weighted by Gasteiger charge is 2.27. The molecule has 6 nitrogen and oxygen atoms in total. The molecule has 0 saturated heterocycles. The van der Waals surface area contributed by atoms with Crippen molar-refractivity contribution in [2.75, 3.05) is 14.7 Å². The van der Waals surface area contributed by atoms with Crippen LogP contribution in [0.4, 0.5) is 51.2 Å². The average molecular weight is 1920 g/mol.